The topological polar surface area (TPSA) is 71.6 Å². The second kappa shape index (κ2) is 9.77. The van der Waals surface area contributed by atoms with E-state index in [2.05, 4.69) is 22.9 Å². The highest BCUT2D eigenvalue weighted by Crippen LogP contribution is 2.36. The number of likely N-dealkylation sites (tertiary alicyclic amines) is 1. The average molecular weight is 463 g/mol. The molecule has 0 bridgehead atoms. The summed E-state index contributed by atoms with van der Waals surface area (Å²) in [5.74, 6) is 0.874. The Morgan fingerprint density at radius 3 is 2.58 bits per heavy atom. The first-order valence-electron chi connectivity index (χ1n) is 10.1. The standard InChI is InChI=1S/C23H26N2O4S.ClH/c1-3-25-15-7-10-22(25)21-13-12-20(24-21)19-16-18(11-14-23(19)28-2)30(26,27)29-17-8-5-4-6-9-17;/h4-6,8-9,11-14,16,22,24H,3,7,10,15H2,1-2H3;1H/t22-;/m1./s1. The van der Waals surface area contributed by atoms with Crippen LogP contribution < -0.4 is 8.92 Å². The molecule has 0 amide bonds. The van der Waals surface area contributed by atoms with Crippen LogP contribution >= 0.6 is 12.4 Å². The Morgan fingerprint density at radius 2 is 1.87 bits per heavy atom. The van der Waals surface area contributed by atoms with Crippen LogP contribution in [0.1, 0.15) is 31.5 Å². The van der Waals surface area contributed by atoms with E-state index in [4.69, 9.17) is 8.92 Å². The average Bonchev–Trinajstić information content (AvgIpc) is 3.42. The van der Waals surface area contributed by atoms with Crippen LogP contribution in [0.4, 0.5) is 0 Å². The lowest BCUT2D eigenvalue weighted by Gasteiger charge is -2.21. The Balaban J connectivity index is 0.00000272. The number of aromatic amines is 1. The lowest BCUT2D eigenvalue weighted by molar-refractivity contribution is 0.268. The normalized spacial score (nSPS) is 16.6. The van der Waals surface area contributed by atoms with Crippen LogP contribution in [-0.4, -0.2) is 38.5 Å². The van der Waals surface area contributed by atoms with Crippen molar-refractivity contribution in [1.29, 1.82) is 0 Å². The largest absolute Gasteiger partial charge is 0.496 e. The molecule has 8 heteroatoms. The number of H-pyrrole nitrogens is 1. The van der Waals surface area contributed by atoms with Crippen molar-refractivity contribution in [2.24, 2.45) is 0 Å². The predicted octanol–water partition coefficient (Wildman–Crippen LogP) is 5.04. The third-order valence-electron chi connectivity index (χ3n) is 5.54. The highest BCUT2D eigenvalue weighted by Gasteiger charge is 2.26. The number of halogens is 1. The molecule has 31 heavy (non-hydrogen) atoms. The molecule has 0 spiro atoms. The minimum absolute atomic E-state index is 0. The first-order valence-corrected chi connectivity index (χ1v) is 11.5. The molecule has 1 aromatic heterocycles. The van der Waals surface area contributed by atoms with Crippen molar-refractivity contribution in [1.82, 2.24) is 9.88 Å². The van der Waals surface area contributed by atoms with Crippen molar-refractivity contribution >= 4 is 22.5 Å². The van der Waals surface area contributed by atoms with Crippen LogP contribution in [-0.2, 0) is 10.1 Å². The second-order valence-electron chi connectivity index (χ2n) is 7.33. The van der Waals surface area contributed by atoms with Crippen molar-refractivity contribution < 1.29 is 17.3 Å². The van der Waals surface area contributed by atoms with Crippen LogP contribution in [0.5, 0.6) is 11.5 Å². The van der Waals surface area contributed by atoms with Crippen LogP contribution in [0.25, 0.3) is 11.3 Å². The van der Waals surface area contributed by atoms with Gasteiger partial charge in [0.2, 0.25) is 0 Å². The predicted molar refractivity (Wildman–Crippen MR) is 124 cm³/mol. The molecule has 1 aliphatic rings. The molecule has 166 valence electrons. The summed E-state index contributed by atoms with van der Waals surface area (Å²) in [5, 5.41) is 0. The first-order chi connectivity index (χ1) is 14.5. The van der Waals surface area contributed by atoms with E-state index in [1.165, 1.54) is 12.5 Å². The van der Waals surface area contributed by atoms with Gasteiger partial charge in [-0.25, -0.2) is 0 Å². The minimum Gasteiger partial charge on any atom is -0.496 e. The van der Waals surface area contributed by atoms with E-state index in [1.807, 2.05) is 6.07 Å². The van der Waals surface area contributed by atoms with Gasteiger partial charge in [-0.3, -0.25) is 4.90 Å². The molecule has 3 aromatic rings. The molecule has 1 aliphatic heterocycles. The van der Waals surface area contributed by atoms with E-state index in [0.29, 0.717) is 17.4 Å². The van der Waals surface area contributed by atoms with Crippen molar-refractivity contribution in [2.45, 2.75) is 30.7 Å². The molecule has 0 saturated carbocycles. The number of hydrogen-bond acceptors (Lipinski definition) is 5. The molecular formula is C23H27ClN2O4S. The number of nitrogens with zero attached hydrogens (tertiary/aromatic N) is 1. The van der Waals surface area contributed by atoms with E-state index < -0.39 is 10.1 Å². The quantitative estimate of drug-likeness (QED) is 0.498. The zero-order valence-corrected chi connectivity index (χ0v) is 19.2. The fraction of sp³-hybridized carbons (Fsp3) is 0.304. The molecule has 6 nitrogen and oxygen atoms in total. The summed E-state index contributed by atoms with van der Waals surface area (Å²) in [6.45, 7) is 4.28. The summed E-state index contributed by atoms with van der Waals surface area (Å²) in [6, 6.07) is 17.7. The molecule has 2 aromatic carbocycles. The maximum absolute atomic E-state index is 12.8. The smallest absolute Gasteiger partial charge is 0.339 e. The van der Waals surface area contributed by atoms with Crippen molar-refractivity contribution in [2.75, 3.05) is 20.2 Å². The summed E-state index contributed by atoms with van der Waals surface area (Å²) in [6.07, 6.45) is 2.30. The lowest BCUT2D eigenvalue weighted by atomic mass is 10.1. The van der Waals surface area contributed by atoms with E-state index in [-0.39, 0.29) is 23.1 Å². The molecule has 0 aliphatic carbocycles. The number of hydrogen-bond donors (Lipinski definition) is 1. The van der Waals surface area contributed by atoms with Crippen molar-refractivity contribution in [3.8, 4) is 22.8 Å². The number of nitrogens with one attached hydrogen (secondary N) is 1. The molecule has 0 unspecified atom stereocenters. The molecule has 1 saturated heterocycles. The van der Waals surface area contributed by atoms with Crippen molar-refractivity contribution in [3.05, 3.63) is 66.4 Å². The van der Waals surface area contributed by atoms with E-state index in [1.54, 1.807) is 49.6 Å². The Morgan fingerprint density at radius 1 is 1.10 bits per heavy atom. The summed E-state index contributed by atoms with van der Waals surface area (Å²) < 4.78 is 36.4. The van der Waals surface area contributed by atoms with Crippen LogP contribution in [0.15, 0.2) is 65.6 Å². The second-order valence-corrected chi connectivity index (χ2v) is 8.87. The zero-order valence-electron chi connectivity index (χ0n) is 17.6. The lowest BCUT2D eigenvalue weighted by Crippen LogP contribution is -2.22. The van der Waals surface area contributed by atoms with Gasteiger partial charge in [0.25, 0.3) is 0 Å². The Bertz CT molecular complexity index is 1120. The number of ether oxygens (including phenoxy) is 1. The third kappa shape index (κ3) is 4.89. The molecule has 2 heterocycles. The zero-order chi connectivity index (χ0) is 21.1. The fourth-order valence-electron chi connectivity index (χ4n) is 4.02. The SMILES string of the molecule is CCN1CCC[C@@H]1c1ccc(-c2cc(S(=O)(=O)Oc3ccccc3)ccc2OC)[nH]1.Cl. The summed E-state index contributed by atoms with van der Waals surface area (Å²) in [5.41, 5.74) is 2.64. The first kappa shape index (κ1) is 23.2. The van der Waals surface area contributed by atoms with Gasteiger partial charge in [0.1, 0.15) is 16.4 Å². The molecule has 1 atom stereocenters. The van der Waals surface area contributed by atoms with E-state index in [0.717, 1.165) is 30.9 Å². The third-order valence-corrected chi connectivity index (χ3v) is 6.78. The van der Waals surface area contributed by atoms with Gasteiger partial charge < -0.3 is 13.9 Å². The van der Waals surface area contributed by atoms with Gasteiger partial charge in [0.05, 0.1) is 7.11 Å². The Kier molecular flexibility index (Phi) is 7.30. The molecule has 1 N–H and O–H groups in total. The summed E-state index contributed by atoms with van der Waals surface area (Å²) >= 11 is 0. The maximum Gasteiger partial charge on any atom is 0.339 e. The van der Waals surface area contributed by atoms with Crippen LogP contribution in [0, 0.1) is 0 Å². The van der Waals surface area contributed by atoms with Gasteiger partial charge in [-0.2, -0.15) is 8.42 Å². The van der Waals surface area contributed by atoms with Crippen LogP contribution in [0.3, 0.4) is 0 Å². The fourth-order valence-corrected chi connectivity index (χ4v) is 4.98. The molecular weight excluding hydrogens is 436 g/mol. The minimum atomic E-state index is -3.97. The number of rotatable bonds is 7. The van der Waals surface area contributed by atoms with Gasteiger partial charge in [0.15, 0.2) is 0 Å². The highest BCUT2D eigenvalue weighted by atomic mass is 35.5. The molecule has 4 rings (SSSR count). The number of para-hydroxylation sites is 1. The van der Waals surface area contributed by atoms with Gasteiger partial charge in [0, 0.05) is 23.0 Å². The number of benzene rings is 2. The number of methoxy groups -OCH3 is 1. The summed E-state index contributed by atoms with van der Waals surface area (Å²) in [4.78, 5) is 6.01. The number of aromatic nitrogens is 1. The van der Waals surface area contributed by atoms with Gasteiger partial charge in [-0.1, -0.05) is 25.1 Å². The van der Waals surface area contributed by atoms with Crippen molar-refractivity contribution in [3.63, 3.8) is 0 Å². The van der Waals surface area contributed by atoms with Gasteiger partial charge in [-0.15, -0.1) is 12.4 Å². The maximum atomic E-state index is 12.8. The monoisotopic (exact) mass is 462 g/mol. The van der Waals surface area contributed by atoms with E-state index in [9.17, 15) is 8.42 Å². The molecule has 1 fully saturated rings. The Labute approximate surface area is 189 Å². The van der Waals surface area contributed by atoms with E-state index >= 15 is 0 Å². The molecule has 0 radical (unpaired) electrons. The highest BCUT2D eigenvalue weighted by molar-refractivity contribution is 7.87. The summed E-state index contributed by atoms with van der Waals surface area (Å²) in [7, 11) is -2.39. The van der Waals surface area contributed by atoms with Gasteiger partial charge in [-0.05, 0) is 68.4 Å². The Hall–Kier alpha value is -2.48. The van der Waals surface area contributed by atoms with Crippen LogP contribution in [0.2, 0.25) is 0 Å². The van der Waals surface area contributed by atoms with Gasteiger partial charge >= 0.3 is 10.1 Å².